The van der Waals surface area contributed by atoms with Gasteiger partial charge < -0.3 is 10.4 Å². The van der Waals surface area contributed by atoms with Crippen LogP contribution in [0.5, 0.6) is 0 Å². The quantitative estimate of drug-likeness (QED) is 0.800. The number of carbonyl (C=O) groups is 1. The molecule has 1 amide bonds. The zero-order valence-electron chi connectivity index (χ0n) is 14.8. The summed E-state index contributed by atoms with van der Waals surface area (Å²) in [5.41, 5.74) is 2.20. The third-order valence-electron chi connectivity index (χ3n) is 5.56. The summed E-state index contributed by atoms with van der Waals surface area (Å²) in [6.07, 6.45) is 3.81. The molecule has 0 spiro atoms. The van der Waals surface area contributed by atoms with Crippen molar-refractivity contribution in [2.45, 2.75) is 37.4 Å². The third kappa shape index (κ3) is 3.50. The highest BCUT2D eigenvalue weighted by atomic mass is 16.3. The Labute approximate surface area is 154 Å². The number of likely N-dealkylation sites (tertiary alicyclic amines) is 1. The first-order chi connectivity index (χ1) is 12.8. The highest BCUT2D eigenvalue weighted by molar-refractivity contribution is 5.80. The lowest BCUT2D eigenvalue weighted by Crippen LogP contribution is -2.66. The van der Waals surface area contributed by atoms with E-state index in [2.05, 4.69) is 27.3 Å². The molecule has 3 atom stereocenters. The lowest BCUT2D eigenvalue weighted by Gasteiger charge is -2.55. The summed E-state index contributed by atoms with van der Waals surface area (Å²) in [4.78, 5) is 18.8. The molecule has 1 aromatic carbocycles. The summed E-state index contributed by atoms with van der Waals surface area (Å²) in [5, 5.41) is 13.1. The zero-order valence-corrected chi connectivity index (χ0v) is 14.8. The second kappa shape index (κ2) is 7.56. The minimum atomic E-state index is 0.0437. The zero-order chi connectivity index (χ0) is 17.9. The SMILES string of the molecule is O=C(NC[C@H]1[C@H](c2ccccc2)[C@@H](CO)N1Cc1ccccn1)C1CC1. The molecule has 0 unspecified atom stereocenters. The van der Waals surface area contributed by atoms with Crippen LogP contribution in [0.15, 0.2) is 54.7 Å². The maximum Gasteiger partial charge on any atom is 0.223 e. The Morgan fingerprint density at radius 1 is 1.12 bits per heavy atom. The lowest BCUT2D eigenvalue weighted by molar-refractivity contribution is -0.123. The Kier molecular flexibility index (Phi) is 5.00. The van der Waals surface area contributed by atoms with Gasteiger partial charge in [0.15, 0.2) is 0 Å². The van der Waals surface area contributed by atoms with Gasteiger partial charge in [-0.1, -0.05) is 36.4 Å². The van der Waals surface area contributed by atoms with E-state index in [-0.39, 0.29) is 36.4 Å². The van der Waals surface area contributed by atoms with Crippen LogP contribution in [-0.4, -0.2) is 46.1 Å². The minimum Gasteiger partial charge on any atom is -0.395 e. The van der Waals surface area contributed by atoms with Crippen molar-refractivity contribution in [2.75, 3.05) is 13.2 Å². The monoisotopic (exact) mass is 351 g/mol. The maximum atomic E-state index is 12.1. The number of pyridine rings is 1. The topological polar surface area (TPSA) is 65.5 Å². The molecule has 5 nitrogen and oxygen atoms in total. The van der Waals surface area contributed by atoms with Gasteiger partial charge in [0.25, 0.3) is 0 Å². The molecule has 2 N–H and O–H groups in total. The number of carbonyl (C=O) groups excluding carboxylic acids is 1. The molecule has 4 rings (SSSR count). The first-order valence-electron chi connectivity index (χ1n) is 9.37. The fourth-order valence-corrected chi connectivity index (χ4v) is 4.00. The number of nitrogens with zero attached hydrogens (tertiary/aromatic N) is 2. The van der Waals surface area contributed by atoms with Gasteiger partial charge in [0.1, 0.15) is 0 Å². The summed E-state index contributed by atoms with van der Waals surface area (Å²) in [6.45, 7) is 1.39. The van der Waals surface area contributed by atoms with Gasteiger partial charge in [-0.3, -0.25) is 14.7 Å². The predicted molar refractivity (Wildman–Crippen MR) is 99.4 cm³/mol. The number of benzene rings is 1. The summed E-state index contributed by atoms with van der Waals surface area (Å²) in [5.74, 6) is 0.592. The Morgan fingerprint density at radius 3 is 2.54 bits per heavy atom. The van der Waals surface area contributed by atoms with E-state index in [4.69, 9.17) is 0 Å². The Morgan fingerprint density at radius 2 is 1.88 bits per heavy atom. The molecular formula is C21H25N3O2. The van der Waals surface area contributed by atoms with Crippen molar-refractivity contribution in [2.24, 2.45) is 5.92 Å². The number of aromatic nitrogens is 1. The molecule has 1 saturated carbocycles. The summed E-state index contributed by atoms with van der Waals surface area (Å²) in [6, 6.07) is 16.4. The Bertz CT molecular complexity index is 733. The smallest absolute Gasteiger partial charge is 0.223 e. The number of hydrogen-bond acceptors (Lipinski definition) is 4. The van der Waals surface area contributed by atoms with Crippen LogP contribution in [0.2, 0.25) is 0 Å². The number of aliphatic hydroxyl groups is 1. The van der Waals surface area contributed by atoms with E-state index in [0.29, 0.717) is 13.1 Å². The fourth-order valence-electron chi connectivity index (χ4n) is 4.00. The minimum absolute atomic E-state index is 0.0437. The van der Waals surface area contributed by atoms with Crippen LogP contribution < -0.4 is 5.32 Å². The standard InChI is InChI=1S/C21H25N3O2/c25-14-19-20(15-6-2-1-3-7-15)18(12-23-21(26)16-9-10-16)24(19)13-17-8-4-5-11-22-17/h1-8,11,16,18-20,25H,9-10,12-14H2,(H,23,26)/t18-,19+,20-/m0/s1. The van der Waals surface area contributed by atoms with Crippen LogP contribution in [0.4, 0.5) is 0 Å². The third-order valence-corrected chi connectivity index (χ3v) is 5.56. The normalized spacial score (nSPS) is 25.5. The first-order valence-corrected chi connectivity index (χ1v) is 9.37. The number of nitrogens with one attached hydrogen (secondary N) is 1. The number of hydrogen-bond donors (Lipinski definition) is 2. The fraction of sp³-hybridized carbons (Fsp3) is 0.429. The van der Waals surface area contributed by atoms with E-state index >= 15 is 0 Å². The van der Waals surface area contributed by atoms with E-state index in [1.165, 1.54) is 5.56 Å². The van der Waals surface area contributed by atoms with Crippen molar-refractivity contribution in [3.63, 3.8) is 0 Å². The van der Waals surface area contributed by atoms with Gasteiger partial charge in [-0.25, -0.2) is 0 Å². The highest BCUT2D eigenvalue weighted by Crippen LogP contribution is 2.41. The van der Waals surface area contributed by atoms with Gasteiger partial charge >= 0.3 is 0 Å². The predicted octanol–water partition coefficient (Wildman–Crippen LogP) is 1.94. The van der Waals surface area contributed by atoms with Crippen molar-refractivity contribution in [3.8, 4) is 0 Å². The van der Waals surface area contributed by atoms with Crippen molar-refractivity contribution < 1.29 is 9.90 Å². The molecule has 136 valence electrons. The number of rotatable bonds is 7. The first kappa shape index (κ1) is 17.2. The van der Waals surface area contributed by atoms with Crippen LogP contribution in [-0.2, 0) is 11.3 Å². The van der Waals surface area contributed by atoms with Crippen molar-refractivity contribution in [3.05, 3.63) is 66.0 Å². The van der Waals surface area contributed by atoms with E-state index in [1.807, 2.05) is 36.4 Å². The van der Waals surface area contributed by atoms with Crippen molar-refractivity contribution in [1.82, 2.24) is 15.2 Å². The largest absolute Gasteiger partial charge is 0.395 e. The molecule has 1 aliphatic heterocycles. The Hall–Kier alpha value is -2.24. The average molecular weight is 351 g/mol. The van der Waals surface area contributed by atoms with Gasteiger partial charge in [-0.15, -0.1) is 0 Å². The lowest BCUT2D eigenvalue weighted by atomic mass is 9.75. The molecule has 2 aliphatic rings. The van der Waals surface area contributed by atoms with Crippen LogP contribution in [0.25, 0.3) is 0 Å². The summed E-state index contributed by atoms with van der Waals surface area (Å²) < 4.78 is 0. The van der Waals surface area contributed by atoms with Crippen molar-refractivity contribution in [1.29, 1.82) is 0 Å². The second-order valence-electron chi connectivity index (χ2n) is 7.27. The number of aliphatic hydroxyl groups excluding tert-OH is 1. The summed E-state index contributed by atoms with van der Waals surface area (Å²) in [7, 11) is 0. The van der Waals surface area contributed by atoms with Gasteiger partial charge in [-0.2, -0.15) is 0 Å². The van der Waals surface area contributed by atoms with Gasteiger partial charge in [0.2, 0.25) is 5.91 Å². The summed E-state index contributed by atoms with van der Waals surface area (Å²) >= 11 is 0. The molecule has 2 fully saturated rings. The molecule has 26 heavy (non-hydrogen) atoms. The number of amides is 1. The molecular weight excluding hydrogens is 326 g/mol. The van der Waals surface area contributed by atoms with Crippen LogP contribution in [0.3, 0.4) is 0 Å². The molecule has 1 aromatic heterocycles. The van der Waals surface area contributed by atoms with E-state index in [1.54, 1.807) is 6.20 Å². The van der Waals surface area contributed by atoms with Gasteiger partial charge in [-0.05, 0) is 30.5 Å². The molecule has 2 heterocycles. The molecule has 0 radical (unpaired) electrons. The Balaban J connectivity index is 1.52. The molecule has 2 aromatic rings. The van der Waals surface area contributed by atoms with Gasteiger partial charge in [0, 0.05) is 43.2 Å². The van der Waals surface area contributed by atoms with Gasteiger partial charge in [0.05, 0.1) is 12.3 Å². The van der Waals surface area contributed by atoms with E-state index in [0.717, 1.165) is 18.5 Å². The van der Waals surface area contributed by atoms with E-state index < -0.39 is 0 Å². The molecule has 1 saturated heterocycles. The van der Waals surface area contributed by atoms with Crippen LogP contribution in [0, 0.1) is 5.92 Å². The second-order valence-corrected chi connectivity index (χ2v) is 7.27. The van der Waals surface area contributed by atoms with E-state index in [9.17, 15) is 9.90 Å². The maximum absolute atomic E-state index is 12.1. The van der Waals surface area contributed by atoms with Crippen LogP contribution >= 0.6 is 0 Å². The molecule has 1 aliphatic carbocycles. The molecule has 5 heteroatoms. The average Bonchev–Trinajstić information content (AvgIpc) is 3.52. The highest BCUT2D eigenvalue weighted by Gasteiger charge is 2.48. The van der Waals surface area contributed by atoms with Crippen molar-refractivity contribution >= 4 is 5.91 Å². The van der Waals surface area contributed by atoms with Crippen LogP contribution in [0.1, 0.15) is 30.0 Å². The molecule has 0 bridgehead atoms.